The second kappa shape index (κ2) is 22.5. The summed E-state index contributed by atoms with van der Waals surface area (Å²) in [6.45, 7) is 5.42. The summed E-state index contributed by atoms with van der Waals surface area (Å²) in [5, 5.41) is 33.3. The summed E-state index contributed by atoms with van der Waals surface area (Å²) >= 11 is 0. The summed E-state index contributed by atoms with van der Waals surface area (Å²) < 4.78 is 0. The predicted octanol–water partition coefficient (Wildman–Crippen LogP) is 2.90. The minimum atomic E-state index is -1.14. The molecular weight excluding hydrogens is 664 g/mol. The summed E-state index contributed by atoms with van der Waals surface area (Å²) in [5.74, 6) is -0.375. The molecule has 0 bridgehead atoms. The Morgan fingerprint density at radius 2 is 1.71 bits per heavy atom. The van der Waals surface area contributed by atoms with Crippen LogP contribution in [-0.4, -0.2) is 108 Å². The number of anilines is 2. The topological polar surface area (TPSA) is 235 Å². The number of carboxylic acids is 1. The van der Waals surface area contributed by atoms with Crippen LogP contribution in [0.4, 0.5) is 11.8 Å². The van der Waals surface area contributed by atoms with Gasteiger partial charge in [0.1, 0.15) is 11.9 Å². The van der Waals surface area contributed by atoms with Gasteiger partial charge in [0.15, 0.2) is 0 Å². The zero-order valence-corrected chi connectivity index (χ0v) is 30.3. The Balaban J connectivity index is 1.15. The number of nitrogens with two attached hydrogens (primary N) is 1. The third-order valence-corrected chi connectivity index (χ3v) is 9.54. The molecule has 1 aliphatic carbocycles. The number of likely N-dealkylation sites (tertiary alicyclic amines) is 1. The highest BCUT2D eigenvalue weighted by atomic mass is 16.4. The Hall–Kier alpha value is -4.41. The van der Waals surface area contributed by atoms with Crippen LogP contribution < -0.4 is 37.6 Å². The van der Waals surface area contributed by atoms with Crippen molar-refractivity contribution in [2.45, 2.75) is 95.2 Å². The Kier molecular flexibility index (Phi) is 17.5. The van der Waals surface area contributed by atoms with Crippen LogP contribution in [0.1, 0.15) is 77.0 Å². The number of hydrogen-bond donors (Lipinski definition) is 9. The number of carboxylic acid groups (broad SMARTS) is 1. The van der Waals surface area contributed by atoms with Crippen LogP contribution in [0.3, 0.4) is 0 Å². The summed E-state index contributed by atoms with van der Waals surface area (Å²) in [7, 11) is 0. The predicted molar refractivity (Wildman–Crippen MR) is 202 cm³/mol. The minimum absolute atomic E-state index is 0.000758. The number of piperidine rings is 1. The van der Waals surface area contributed by atoms with Gasteiger partial charge in [0.25, 0.3) is 0 Å². The van der Waals surface area contributed by atoms with Crippen LogP contribution in [-0.2, 0) is 14.4 Å². The lowest BCUT2D eigenvalue weighted by Gasteiger charge is -2.33. The van der Waals surface area contributed by atoms with Crippen molar-refractivity contribution in [1.29, 1.82) is 5.53 Å². The van der Waals surface area contributed by atoms with Gasteiger partial charge in [-0.1, -0.05) is 31.4 Å². The third-order valence-electron chi connectivity index (χ3n) is 9.54. The number of amides is 2. The average Bonchev–Trinajstić information content (AvgIpc) is 3.16. The van der Waals surface area contributed by atoms with Crippen LogP contribution in [0.2, 0.25) is 0 Å². The van der Waals surface area contributed by atoms with Gasteiger partial charge in [-0.25, -0.2) is 10.5 Å². The van der Waals surface area contributed by atoms with E-state index in [1.165, 1.54) is 32.1 Å². The highest BCUT2D eigenvalue weighted by Gasteiger charge is 2.24. The lowest BCUT2D eigenvalue weighted by molar-refractivity contribution is -0.138. The lowest BCUT2D eigenvalue weighted by atomic mass is 9.95. The summed E-state index contributed by atoms with van der Waals surface area (Å²) in [6.07, 6.45) is 12.3. The van der Waals surface area contributed by atoms with Gasteiger partial charge in [-0.15, -0.1) is 0 Å². The maximum absolute atomic E-state index is 12.8. The molecule has 2 amide bonds. The van der Waals surface area contributed by atoms with Crippen LogP contribution in [0.25, 0.3) is 10.9 Å². The molecule has 1 aromatic carbocycles. The molecule has 52 heavy (non-hydrogen) atoms. The van der Waals surface area contributed by atoms with Crippen molar-refractivity contribution < 1.29 is 19.5 Å². The van der Waals surface area contributed by atoms with Crippen molar-refractivity contribution in [1.82, 2.24) is 36.1 Å². The maximum Gasteiger partial charge on any atom is 0.320 e. The summed E-state index contributed by atoms with van der Waals surface area (Å²) in [5.41, 5.74) is 14.4. The van der Waals surface area contributed by atoms with E-state index in [1.54, 1.807) is 11.1 Å². The van der Waals surface area contributed by atoms with E-state index in [9.17, 15) is 14.4 Å². The van der Waals surface area contributed by atoms with Crippen molar-refractivity contribution in [3.63, 3.8) is 0 Å². The van der Waals surface area contributed by atoms with Crippen LogP contribution in [0.5, 0.6) is 0 Å². The molecule has 1 aromatic heterocycles. The largest absolute Gasteiger partial charge is 0.480 e. The monoisotopic (exact) mass is 722 g/mol. The molecule has 0 radical (unpaired) electrons. The maximum atomic E-state index is 12.8. The van der Waals surface area contributed by atoms with Gasteiger partial charge in [0.2, 0.25) is 17.8 Å². The fourth-order valence-electron chi connectivity index (χ4n) is 6.45. The Bertz CT molecular complexity index is 1460. The highest BCUT2D eigenvalue weighted by Crippen LogP contribution is 2.25. The number of hydrogen-bond acceptors (Lipinski definition) is 13. The zero-order chi connectivity index (χ0) is 37.0. The molecule has 1 atom stereocenters. The van der Waals surface area contributed by atoms with Crippen molar-refractivity contribution in [3.05, 3.63) is 36.2 Å². The van der Waals surface area contributed by atoms with E-state index in [2.05, 4.69) is 42.0 Å². The normalized spacial score (nSPS) is 16.3. The Labute approximate surface area is 306 Å². The Morgan fingerprint density at radius 3 is 2.46 bits per heavy atom. The molecular formula is C36H58N12O4. The van der Waals surface area contributed by atoms with Gasteiger partial charge in [-0.3, -0.25) is 14.4 Å². The van der Waals surface area contributed by atoms with E-state index in [4.69, 9.17) is 21.4 Å². The van der Waals surface area contributed by atoms with E-state index in [1.807, 2.05) is 24.3 Å². The number of benzene rings is 1. The SMILES string of the molecule is N=N/C(=C\NCCCNCCCNC1CCCCC1)CNc1nc(NC2CCN(C(=O)CCNC(=O)CCC(N)C(=O)O)CC2)c2ccccc2n1. The average molecular weight is 723 g/mol. The first-order chi connectivity index (χ1) is 25.3. The molecule has 4 rings (SSSR count). The fraction of sp³-hybridized carbons (Fsp3) is 0.639. The van der Waals surface area contributed by atoms with E-state index in [-0.39, 0.29) is 50.2 Å². The second-order valence-corrected chi connectivity index (χ2v) is 13.6. The molecule has 10 N–H and O–H groups in total. The molecule has 1 aliphatic heterocycles. The number of nitrogens with one attached hydrogen (secondary N) is 7. The zero-order valence-electron chi connectivity index (χ0n) is 30.3. The van der Waals surface area contributed by atoms with Gasteiger partial charge >= 0.3 is 5.97 Å². The van der Waals surface area contributed by atoms with E-state index in [0.717, 1.165) is 62.8 Å². The number of nitrogens with zero attached hydrogens (tertiary/aromatic N) is 4. The molecule has 16 nitrogen and oxygen atoms in total. The molecule has 1 saturated carbocycles. The van der Waals surface area contributed by atoms with Gasteiger partial charge in [-0.05, 0) is 76.7 Å². The Morgan fingerprint density at radius 1 is 0.962 bits per heavy atom. The van der Waals surface area contributed by atoms with Crippen LogP contribution >= 0.6 is 0 Å². The van der Waals surface area contributed by atoms with Crippen molar-refractivity contribution in [2.24, 2.45) is 10.8 Å². The molecule has 16 heteroatoms. The van der Waals surface area contributed by atoms with Crippen LogP contribution in [0.15, 0.2) is 41.3 Å². The van der Waals surface area contributed by atoms with Crippen molar-refractivity contribution in [2.75, 3.05) is 63.0 Å². The number of para-hydroxylation sites is 1. The molecule has 2 aromatic rings. The number of carbonyl (C=O) groups excluding carboxylic acids is 2. The van der Waals surface area contributed by atoms with Crippen molar-refractivity contribution >= 4 is 40.5 Å². The van der Waals surface area contributed by atoms with Gasteiger partial charge < -0.3 is 47.6 Å². The number of fused-ring (bicyclic) bond motifs is 1. The minimum Gasteiger partial charge on any atom is -0.480 e. The van der Waals surface area contributed by atoms with E-state index >= 15 is 0 Å². The first kappa shape index (κ1) is 40.4. The van der Waals surface area contributed by atoms with Gasteiger partial charge in [0.05, 0.1) is 17.8 Å². The number of aromatic nitrogens is 2. The van der Waals surface area contributed by atoms with Gasteiger partial charge in [0, 0.05) is 62.7 Å². The highest BCUT2D eigenvalue weighted by molar-refractivity contribution is 5.90. The molecule has 2 fully saturated rings. The van der Waals surface area contributed by atoms with Gasteiger partial charge in [-0.2, -0.15) is 10.1 Å². The quantitative estimate of drug-likeness (QED) is 0.0595. The fourth-order valence-corrected chi connectivity index (χ4v) is 6.45. The smallest absolute Gasteiger partial charge is 0.320 e. The molecule has 286 valence electrons. The summed E-state index contributed by atoms with van der Waals surface area (Å²) in [4.78, 5) is 46.8. The summed E-state index contributed by atoms with van der Waals surface area (Å²) in [6, 6.07) is 7.52. The van der Waals surface area contributed by atoms with Crippen molar-refractivity contribution in [3.8, 4) is 0 Å². The molecule has 0 spiro atoms. The number of aliphatic carboxylic acids is 1. The molecule has 1 unspecified atom stereocenters. The number of carbonyl (C=O) groups is 3. The molecule has 1 saturated heterocycles. The third kappa shape index (κ3) is 14.3. The molecule has 2 aliphatic rings. The van der Waals surface area contributed by atoms with Crippen LogP contribution in [0, 0.1) is 5.53 Å². The number of rotatable bonds is 23. The second-order valence-electron chi connectivity index (χ2n) is 13.6. The van der Waals surface area contributed by atoms with E-state index in [0.29, 0.717) is 36.6 Å². The molecule has 2 heterocycles. The first-order valence-electron chi connectivity index (χ1n) is 18.9. The first-order valence-corrected chi connectivity index (χ1v) is 18.9. The lowest BCUT2D eigenvalue weighted by Crippen LogP contribution is -2.43. The standard InChI is InChI=1S/C36H58N12O4/c37-30(35(51)52)12-13-32(49)42-21-14-33(50)48-22-15-27(16-23-48)44-34-29-10-4-5-11-31(29)45-36(46-34)43-25-28(47-38)24-40-19-6-17-39-18-7-20-41-26-8-2-1-3-9-26/h4-5,10-11,24,26-27,30,38-41H,1-3,6-9,12-23,25,37H2,(H,42,49)(H,51,52)(H2,43,44,45,46)/b28-24-,47-38?. The van der Waals surface area contributed by atoms with E-state index < -0.39 is 12.0 Å².